The lowest BCUT2D eigenvalue weighted by molar-refractivity contribution is 0.379. The highest BCUT2D eigenvalue weighted by Gasteiger charge is 2.36. The molecule has 0 spiro atoms. The number of rotatable bonds is 3. The molecule has 4 heteroatoms. The summed E-state index contributed by atoms with van der Waals surface area (Å²) < 4.78 is 5.35. The minimum atomic E-state index is -0.388. The number of azide groups is 1. The predicted octanol–water partition coefficient (Wildman–Crippen LogP) is 3.77. The van der Waals surface area contributed by atoms with Crippen LogP contribution >= 0.6 is 0 Å². The van der Waals surface area contributed by atoms with Crippen molar-refractivity contribution in [2.24, 2.45) is 5.11 Å². The molecule has 0 unspecified atom stereocenters. The van der Waals surface area contributed by atoms with E-state index in [0.29, 0.717) is 0 Å². The van der Waals surface area contributed by atoms with Crippen molar-refractivity contribution in [3.63, 3.8) is 0 Å². The van der Waals surface area contributed by atoms with Crippen LogP contribution in [0.3, 0.4) is 0 Å². The Kier molecular flexibility index (Phi) is 3.02. The number of ether oxygens (including phenoxy) is 1. The van der Waals surface area contributed by atoms with E-state index in [9.17, 15) is 0 Å². The van der Waals surface area contributed by atoms with E-state index >= 15 is 0 Å². The van der Waals surface area contributed by atoms with Gasteiger partial charge in [0.2, 0.25) is 0 Å². The summed E-state index contributed by atoms with van der Waals surface area (Å²) in [7, 11) is 1.65. The monoisotopic (exact) mass is 217 g/mol. The molecule has 1 aromatic rings. The van der Waals surface area contributed by atoms with Crippen LogP contribution in [-0.4, -0.2) is 7.11 Å². The fourth-order valence-corrected chi connectivity index (χ4v) is 2.50. The summed E-state index contributed by atoms with van der Waals surface area (Å²) in [6.45, 7) is 0. The Hall–Kier alpha value is -1.67. The van der Waals surface area contributed by atoms with Gasteiger partial charge in [0.1, 0.15) is 5.75 Å². The summed E-state index contributed by atoms with van der Waals surface area (Å²) in [5.41, 5.74) is 9.37. The van der Waals surface area contributed by atoms with E-state index < -0.39 is 0 Å². The Morgan fingerprint density at radius 2 is 2.00 bits per heavy atom. The third kappa shape index (κ3) is 1.72. The van der Waals surface area contributed by atoms with Crippen molar-refractivity contribution in [1.82, 2.24) is 0 Å². The van der Waals surface area contributed by atoms with Crippen molar-refractivity contribution in [3.8, 4) is 5.75 Å². The molecule has 2 rings (SSSR count). The highest BCUT2D eigenvalue weighted by atomic mass is 16.5. The van der Waals surface area contributed by atoms with Gasteiger partial charge in [-0.2, -0.15) is 0 Å². The lowest BCUT2D eigenvalue weighted by atomic mass is 9.88. The summed E-state index contributed by atoms with van der Waals surface area (Å²) >= 11 is 0. The first-order chi connectivity index (χ1) is 7.82. The van der Waals surface area contributed by atoms with Gasteiger partial charge in [-0.1, -0.05) is 36.2 Å². The largest absolute Gasteiger partial charge is 0.496 e. The maximum Gasteiger partial charge on any atom is 0.122 e. The van der Waals surface area contributed by atoms with Gasteiger partial charge in [-0.15, -0.1) is 0 Å². The Morgan fingerprint density at radius 3 is 2.62 bits per heavy atom. The van der Waals surface area contributed by atoms with Crippen LogP contribution in [-0.2, 0) is 5.54 Å². The first kappa shape index (κ1) is 10.8. The van der Waals surface area contributed by atoms with Crippen LogP contribution in [0.2, 0.25) is 0 Å². The first-order valence-electron chi connectivity index (χ1n) is 5.52. The number of hydrogen-bond donors (Lipinski definition) is 0. The molecule has 0 amide bonds. The average Bonchev–Trinajstić information content (AvgIpc) is 2.79. The van der Waals surface area contributed by atoms with Gasteiger partial charge < -0.3 is 4.74 Å². The summed E-state index contributed by atoms with van der Waals surface area (Å²) in [6, 6.07) is 7.81. The number of benzene rings is 1. The van der Waals surface area contributed by atoms with Crippen LogP contribution in [0.25, 0.3) is 10.4 Å². The van der Waals surface area contributed by atoms with Gasteiger partial charge in [0, 0.05) is 10.5 Å². The first-order valence-corrected chi connectivity index (χ1v) is 5.52. The zero-order valence-electron chi connectivity index (χ0n) is 9.39. The average molecular weight is 217 g/mol. The van der Waals surface area contributed by atoms with Crippen LogP contribution in [0.1, 0.15) is 31.2 Å². The molecular formula is C12H15N3O. The summed E-state index contributed by atoms with van der Waals surface area (Å²) in [4.78, 5) is 3.01. The molecule has 0 aromatic heterocycles. The number of nitrogens with zero attached hydrogens (tertiary/aromatic N) is 3. The smallest absolute Gasteiger partial charge is 0.122 e. The molecule has 1 aliphatic rings. The Balaban J connectivity index is 2.50. The quantitative estimate of drug-likeness (QED) is 0.432. The van der Waals surface area contributed by atoms with Gasteiger partial charge in [0.15, 0.2) is 0 Å². The predicted molar refractivity (Wildman–Crippen MR) is 62.3 cm³/mol. The van der Waals surface area contributed by atoms with Gasteiger partial charge in [0.25, 0.3) is 0 Å². The Morgan fingerprint density at radius 1 is 1.31 bits per heavy atom. The zero-order valence-corrected chi connectivity index (χ0v) is 9.39. The van der Waals surface area contributed by atoms with Gasteiger partial charge in [-0.25, -0.2) is 0 Å². The third-order valence-electron chi connectivity index (χ3n) is 3.28. The van der Waals surface area contributed by atoms with Crippen LogP contribution < -0.4 is 4.74 Å². The van der Waals surface area contributed by atoms with Crippen molar-refractivity contribution in [1.29, 1.82) is 0 Å². The highest BCUT2D eigenvalue weighted by molar-refractivity contribution is 5.40. The second kappa shape index (κ2) is 4.45. The van der Waals surface area contributed by atoms with E-state index in [1.165, 1.54) is 0 Å². The number of hydrogen-bond acceptors (Lipinski definition) is 2. The summed E-state index contributed by atoms with van der Waals surface area (Å²) in [6.07, 6.45) is 4.04. The summed E-state index contributed by atoms with van der Waals surface area (Å²) in [5.74, 6) is 0.816. The van der Waals surface area contributed by atoms with Crippen LogP contribution in [0, 0.1) is 0 Å². The van der Waals surface area contributed by atoms with Gasteiger partial charge in [-0.3, -0.25) is 0 Å². The molecule has 1 aliphatic carbocycles. The maximum absolute atomic E-state index is 8.73. The van der Waals surface area contributed by atoms with Crippen molar-refractivity contribution in [2.45, 2.75) is 31.2 Å². The third-order valence-corrected chi connectivity index (χ3v) is 3.28. The molecule has 1 aromatic carbocycles. The molecule has 0 saturated heterocycles. The minimum Gasteiger partial charge on any atom is -0.496 e. The van der Waals surface area contributed by atoms with E-state index in [1.807, 2.05) is 24.3 Å². The minimum absolute atomic E-state index is 0.388. The molecule has 0 heterocycles. The Bertz CT molecular complexity index is 418. The second-order valence-electron chi connectivity index (χ2n) is 4.13. The lowest BCUT2D eigenvalue weighted by Gasteiger charge is -2.25. The maximum atomic E-state index is 8.73. The molecule has 0 N–H and O–H groups in total. The molecule has 1 saturated carbocycles. The van der Waals surface area contributed by atoms with Gasteiger partial charge in [0.05, 0.1) is 12.6 Å². The molecule has 1 fully saturated rings. The molecule has 84 valence electrons. The Labute approximate surface area is 94.9 Å². The van der Waals surface area contributed by atoms with Crippen molar-refractivity contribution in [2.75, 3.05) is 7.11 Å². The summed E-state index contributed by atoms with van der Waals surface area (Å²) in [5, 5.41) is 4.03. The van der Waals surface area contributed by atoms with E-state index in [1.54, 1.807) is 7.11 Å². The molecule has 16 heavy (non-hydrogen) atoms. The molecule has 0 aliphatic heterocycles. The van der Waals surface area contributed by atoms with E-state index in [4.69, 9.17) is 10.3 Å². The number of methoxy groups -OCH3 is 1. The standard InChI is InChI=1S/C12H15N3O/c1-16-11-7-3-2-6-10(11)12(14-15-13)8-4-5-9-12/h2-3,6-7H,4-5,8-9H2,1H3. The van der Waals surface area contributed by atoms with Crippen LogP contribution in [0.15, 0.2) is 29.4 Å². The van der Waals surface area contributed by atoms with E-state index in [2.05, 4.69) is 10.0 Å². The van der Waals surface area contributed by atoms with Gasteiger partial charge >= 0.3 is 0 Å². The fraction of sp³-hybridized carbons (Fsp3) is 0.500. The lowest BCUT2D eigenvalue weighted by Crippen LogP contribution is -2.19. The topological polar surface area (TPSA) is 58.0 Å². The van der Waals surface area contributed by atoms with Crippen LogP contribution in [0.5, 0.6) is 5.75 Å². The second-order valence-corrected chi connectivity index (χ2v) is 4.13. The molecule has 0 radical (unpaired) electrons. The van der Waals surface area contributed by atoms with Crippen molar-refractivity contribution >= 4 is 0 Å². The van der Waals surface area contributed by atoms with E-state index in [-0.39, 0.29) is 5.54 Å². The molecular weight excluding hydrogens is 202 g/mol. The van der Waals surface area contributed by atoms with Crippen molar-refractivity contribution in [3.05, 3.63) is 40.3 Å². The fourth-order valence-electron chi connectivity index (χ4n) is 2.50. The molecule has 0 bridgehead atoms. The SMILES string of the molecule is COc1ccccc1C1(N=[N+]=[N-])CCCC1. The van der Waals surface area contributed by atoms with Crippen molar-refractivity contribution < 1.29 is 4.74 Å². The van der Waals surface area contributed by atoms with Crippen LogP contribution in [0.4, 0.5) is 0 Å². The highest BCUT2D eigenvalue weighted by Crippen LogP contribution is 2.45. The van der Waals surface area contributed by atoms with Gasteiger partial charge in [-0.05, 0) is 24.4 Å². The normalized spacial score (nSPS) is 17.8. The zero-order chi connectivity index (χ0) is 11.4. The number of para-hydroxylation sites is 1. The molecule has 4 nitrogen and oxygen atoms in total. The van der Waals surface area contributed by atoms with E-state index in [0.717, 1.165) is 37.0 Å². The molecule has 0 atom stereocenters.